The highest BCUT2D eigenvalue weighted by molar-refractivity contribution is 5.96. The van der Waals surface area contributed by atoms with Crippen molar-refractivity contribution in [2.75, 3.05) is 60.9 Å². The number of piperazine rings is 1. The fraction of sp³-hybridized carbons (Fsp3) is 0.343. The predicted molar refractivity (Wildman–Crippen MR) is 174 cm³/mol. The fourth-order valence-electron chi connectivity index (χ4n) is 6.22. The minimum absolute atomic E-state index is 0.0986. The predicted octanol–water partition coefficient (Wildman–Crippen LogP) is 5.22. The molecule has 1 aromatic heterocycles. The van der Waals surface area contributed by atoms with E-state index in [1.165, 1.54) is 11.3 Å². The Morgan fingerprint density at radius 3 is 2.47 bits per heavy atom. The number of hydrogen-bond donors (Lipinski definition) is 2. The van der Waals surface area contributed by atoms with E-state index in [0.29, 0.717) is 31.6 Å². The number of carbonyl (C=O) groups excluding carboxylic acids is 2. The van der Waals surface area contributed by atoms with Crippen molar-refractivity contribution in [2.45, 2.75) is 32.7 Å². The number of carbonyl (C=O) groups is 2. The standard InChI is InChI=1S/C35H40N6O2/c1-26-8-2-3-12-31(26)39-20-22-40(23-21-39)32-15-14-28(35(43)37-17-7-19-41-18-6-13-33(41)42)24-30(32)38-25-29-10-4-9-27-11-5-16-36-34(27)29/h2-5,8-12,14-16,24,38H,6-7,13,17-23,25H2,1H3,(H,37,43). The quantitative estimate of drug-likeness (QED) is 0.252. The van der Waals surface area contributed by atoms with E-state index in [1.54, 1.807) is 0 Å². The molecule has 2 N–H and O–H groups in total. The van der Waals surface area contributed by atoms with Gasteiger partial charge in [-0.25, -0.2) is 0 Å². The first kappa shape index (κ1) is 28.5. The third-order valence-corrected chi connectivity index (χ3v) is 8.58. The minimum Gasteiger partial charge on any atom is -0.379 e. The van der Waals surface area contributed by atoms with Crippen LogP contribution in [0.15, 0.2) is 79.0 Å². The van der Waals surface area contributed by atoms with Gasteiger partial charge in [-0.2, -0.15) is 0 Å². The number of benzene rings is 3. The molecule has 2 aliphatic rings. The number of fused-ring (bicyclic) bond motifs is 1. The number of rotatable bonds is 10. The molecule has 0 atom stereocenters. The number of amides is 2. The van der Waals surface area contributed by atoms with Gasteiger partial charge in [0.15, 0.2) is 0 Å². The summed E-state index contributed by atoms with van der Waals surface area (Å²) in [6.45, 7) is 8.46. The van der Waals surface area contributed by atoms with E-state index in [0.717, 1.165) is 73.4 Å². The van der Waals surface area contributed by atoms with Crippen LogP contribution in [0.3, 0.4) is 0 Å². The lowest BCUT2D eigenvalue weighted by molar-refractivity contribution is -0.127. The summed E-state index contributed by atoms with van der Waals surface area (Å²) in [6, 6.07) is 24.8. The summed E-state index contributed by atoms with van der Waals surface area (Å²) in [6.07, 6.45) is 4.16. The van der Waals surface area contributed by atoms with Gasteiger partial charge in [0.25, 0.3) is 5.91 Å². The molecule has 0 spiro atoms. The number of nitrogens with zero attached hydrogens (tertiary/aromatic N) is 4. The van der Waals surface area contributed by atoms with Gasteiger partial charge < -0.3 is 25.3 Å². The molecule has 0 aliphatic carbocycles. The van der Waals surface area contributed by atoms with Gasteiger partial charge in [0, 0.05) is 81.6 Å². The summed E-state index contributed by atoms with van der Waals surface area (Å²) in [5.74, 6) is 0.123. The third-order valence-electron chi connectivity index (χ3n) is 8.58. The lowest BCUT2D eigenvalue weighted by atomic mass is 10.1. The Balaban J connectivity index is 1.17. The second kappa shape index (κ2) is 13.2. The van der Waals surface area contributed by atoms with Crippen molar-refractivity contribution in [3.05, 3.63) is 95.7 Å². The Morgan fingerprint density at radius 2 is 1.67 bits per heavy atom. The average molecular weight is 577 g/mol. The average Bonchev–Trinajstić information content (AvgIpc) is 3.46. The SMILES string of the molecule is Cc1ccccc1N1CCN(c2ccc(C(=O)NCCCN3CCCC3=O)cc2NCc2cccc3cccnc23)CC1. The largest absolute Gasteiger partial charge is 0.379 e. The molecule has 2 saturated heterocycles. The Hall–Kier alpha value is -4.59. The number of pyridine rings is 1. The highest BCUT2D eigenvalue weighted by Crippen LogP contribution is 2.31. The van der Waals surface area contributed by atoms with Gasteiger partial charge in [0.05, 0.1) is 16.9 Å². The molecule has 222 valence electrons. The summed E-state index contributed by atoms with van der Waals surface area (Å²) >= 11 is 0. The van der Waals surface area contributed by atoms with E-state index in [9.17, 15) is 9.59 Å². The van der Waals surface area contributed by atoms with Crippen LogP contribution in [0.25, 0.3) is 10.9 Å². The molecule has 8 heteroatoms. The van der Waals surface area contributed by atoms with Crippen LogP contribution in [-0.4, -0.2) is 67.5 Å². The van der Waals surface area contributed by atoms with Gasteiger partial charge in [-0.3, -0.25) is 14.6 Å². The van der Waals surface area contributed by atoms with Gasteiger partial charge in [-0.05, 0) is 61.2 Å². The van der Waals surface area contributed by atoms with E-state index >= 15 is 0 Å². The number of aromatic nitrogens is 1. The Bertz CT molecular complexity index is 1590. The summed E-state index contributed by atoms with van der Waals surface area (Å²) < 4.78 is 0. The summed E-state index contributed by atoms with van der Waals surface area (Å²) in [5.41, 5.74) is 7.35. The van der Waals surface area contributed by atoms with Crippen LogP contribution in [0.2, 0.25) is 0 Å². The molecule has 8 nitrogen and oxygen atoms in total. The van der Waals surface area contributed by atoms with Crippen LogP contribution in [0, 0.1) is 6.92 Å². The monoisotopic (exact) mass is 576 g/mol. The van der Waals surface area contributed by atoms with E-state index in [4.69, 9.17) is 0 Å². The van der Waals surface area contributed by atoms with Gasteiger partial charge in [0.2, 0.25) is 5.91 Å². The van der Waals surface area contributed by atoms with Crippen molar-refractivity contribution < 1.29 is 9.59 Å². The molecule has 0 bridgehead atoms. The Morgan fingerprint density at radius 1 is 0.884 bits per heavy atom. The zero-order valence-electron chi connectivity index (χ0n) is 24.9. The number of nitrogens with one attached hydrogen (secondary N) is 2. The van der Waals surface area contributed by atoms with E-state index in [2.05, 4.69) is 86.9 Å². The maximum Gasteiger partial charge on any atom is 0.251 e. The molecular formula is C35H40N6O2. The molecular weight excluding hydrogens is 536 g/mol. The maximum atomic E-state index is 13.2. The minimum atomic E-state index is -0.0986. The number of anilines is 3. The lowest BCUT2D eigenvalue weighted by Crippen LogP contribution is -2.47. The topological polar surface area (TPSA) is 80.8 Å². The van der Waals surface area contributed by atoms with Crippen molar-refractivity contribution in [2.24, 2.45) is 0 Å². The van der Waals surface area contributed by atoms with Crippen LogP contribution >= 0.6 is 0 Å². The molecule has 0 unspecified atom stereocenters. The highest BCUT2D eigenvalue weighted by atomic mass is 16.2. The molecule has 2 aliphatic heterocycles. The summed E-state index contributed by atoms with van der Waals surface area (Å²) in [5, 5.41) is 7.82. The molecule has 6 rings (SSSR count). The first-order valence-electron chi connectivity index (χ1n) is 15.4. The second-order valence-corrected chi connectivity index (χ2v) is 11.4. The fourth-order valence-corrected chi connectivity index (χ4v) is 6.22. The van der Waals surface area contributed by atoms with Crippen LogP contribution in [0.5, 0.6) is 0 Å². The number of hydrogen-bond acceptors (Lipinski definition) is 6. The second-order valence-electron chi connectivity index (χ2n) is 11.4. The van der Waals surface area contributed by atoms with Gasteiger partial charge in [-0.15, -0.1) is 0 Å². The molecule has 2 amide bonds. The smallest absolute Gasteiger partial charge is 0.251 e. The van der Waals surface area contributed by atoms with Gasteiger partial charge >= 0.3 is 0 Å². The van der Waals surface area contributed by atoms with E-state index < -0.39 is 0 Å². The zero-order chi connectivity index (χ0) is 29.6. The summed E-state index contributed by atoms with van der Waals surface area (Å²) in [4.78, 5) is 36.4. The van der Waals surface area contributed by atoms with Crippen molar-refractivity contribution in [1.82, 2.24) is 15.2 Å². The molecule has 3 aromatic carbocycles. The first-order valence-corrected chi connectivity index (χ1v) is 15.4. The molecule has 0 saturated carbocycles. The molecule has 2 fully saturated rings. The van der Waals surface area contributed by atoms with Crippen LogP contribution in [0.4, 0.5) is 17.1 Å². The van der Waals surface area contributed by atoms with Crippen LogP contribution < -0.4 is 20.4 Å². The summed E-state index contributed by atoms with van der Waals surface area (Å²) in [7, 11) is 0. The number of aryl methyl sites for hydroxylation is 1. The number of para-hydroxylation sites is 2. The lowest BCUT2D eigenvalue weighted by Gasteiger charge is -2.38. The molecule has 4 aromatic rings. The maximum absolute atomic E-state index is 13.2. The third kappa shape index (κ3) is 6.58. The number of likely N-dealkylation sites (tertiary alicyclic amines) is 1. The zero-order valence-corrected chi connectivity index (χ0v) is 24.9. The van der Waals surface area contributed by atoms with Gasteiger partial charge in [0.1, 0.15) is 0 Å². The van der Waals surface area contributed by atoms with Crippen molar-refractivity contribution in [3.8, 4) is 0 Å². The van der Waals surface area contributed by atoms with Crippen LogP contribution in [-0.2, 0) is 11.3 Å². The molecule has 43 heavy (non-hydrogen) atoms. The van der Waals surface area contributed by atoms with E-state index in [1.807, 2.05) is 29.3 Å². The Kier molecular flexibility index (Phi) is 8.72. The van der Waals surface area contributed by atoms with Crippen molar-refractivity contribution >= 4 is 39.8 Å². The van der Waals surface area contributed by atoms with Crippen molar-refractivity contribution in [3.63, 3.8) is 0 Å². The highest BCUT2D eigenvalue weighted by Gasteiger charge is 2.22. The normalized spacial score (nSPS) is 15.3. The Labute approximate surface area is 253 Å². The van der Waals surface area contributed by atoms with Crippen molar-refractivity contribution in [1.29, 1.82) is 0 Å². The van der Waals surface area contributed by atoms with Crippen LogP contribution in [0.1, 0.15) is 40.7 Å². The molecule has 3 heterocycles. The first-order chi connectivity index (χ1) is 21.1. The van der Waals surface area contributed by atoms with E-state index in [-0.39, 0.29) is 11.8 Å². The molecule has 0 radical (unpaired) electrons. The van der Waals surface area contributed by atoms with Gasteiger partial charge in [-0.1, -0.05) is 42.5 Å².